The molecule has 0 spiro atoms. The molecule has 0 unspecified atom stereocenters. The SMILES string of the molecule is Cc1cccc(-c2nnc(CNC(C)(C)C)o2)c1[N+](=O)[O-]. The predicted octanol–water partition coefficient (Wildman–Crippen LogP) is 2.84. The minimum atomic E-state index is -0.429. The molecule has 2 aromatic rings. The zero-order valence-electron chi connectivity index (χ0n) is 12.5. The van der Waals surface area contributed by atoms with E-state index in [4.69, 9.17) is 4.42 Å². The topological polar surface area (TPSA) is 94.1 Å². The summed E-state index contributed by atoms with van der Waals surface area (Å²) in [5.41, 5.74) is 0.820. The van der Waals surface area contributed by atoms with Crippen molar-refractivity contribution < 1.29 is 9.34 Å². The number of nitrogens with zero attached hydrogens (tertiary/aromatic N) is 3. The molecule has 0 atom stereocenters. The van der Waals surface area contributed by atoms with Crippen molar-refractivity contribution in [3.8, 4) is 11.5 Å². The van der Waals surface area contributed by atoms with Gasteiger partial charge in [-0.15, -0.1) is 10.2 Å². The summed E-state index contributed by atoms with van der Waals surface area (Å²) in [7, 11) is 0. The van der Waals surface area contributed by atoms with E-state index in [1.54, 1.807) is 25.1 Å². The average molecular weight is 290 g/mol. The predicted molar refractivity (Wildman–Crippen MR) is 77.7 cm³/mol. The highest BCUT2D eigenvalue weighted by Gasteiger charge is 2.22. The molecule has 0 aliphatic carbocycles. The molecule has 21 heavy (non-hydrogen) atoms. The normalized spacial score (nSPS) is 11.6. The van der Waals surface area contributed by atoms with Crippen LogP contribution >= 0.6 is 0 Å². The van der Waals surface area contributed by atoms with Crippen molar-refractivity contribution in [2.45, 2.75) is 39.8 Å². The van der Waals surface area contributed by atoms with Gasteiger partial charge in [-0.05, 0) is 33.8 Å². The van der Waals surface area contributed by atoms with Gasteiger partial charge in [0.05, 0.1) is 11.5 Å². The van der Waals surface area contributed by atoms with Gasteiger partial charge >= 0.3 is 0 Å². The van der Waals surface area contributed by atoms with Gasteiger partial charge in [0.2, 0.25) is 5.89 Å². The first-order chi connectivity index (χ1) is 9.78. The van der Waals surface area contributed by atoms with E-state index in [0.29, 0.717) is 23.6 Å². The molecule has 2 rings (SSSR count). The number of hydrogen-bond donors (Lipinski definition) is 1. The Morgan fingerprint density at radius 1 is 1.33 bits per heavy atom. The molecule has 0 radical (unpaired) electrons. The van der Waals surface area contributed by atoms with Crippen molar-refractivity contribution in [3.05, 3.63) is 39.8 Å². The van der Waals surface area contributed by atoms with Crippen molar-refractivity contribution in [2.24, 2.45) is 0 Å². The summed E-state index contributed by atoms with van der Waals surface area (Å²) in [4.78, 5) is 10.8. The summed E-state index contributed by atoms with van der Waals surface area (Å²) in [5.74, 6) is 0.562. The summed E-state index contributed by atoms with van der Waals surface area (Å²) in [6.07, 6.45) is 0. The second kappa shape index (κ2) is 5.61. The van der Waals surface area contributed by atoms with Gasteiger partial charge in [-0.25, -0.2) is 0 Å². The molecule has 112 valence electrons. The number of nitro benzene ring substituents is 1. The zero-order chi connectivity index (χ0) is 15.6. The van der Waals surface area contributed by atoms with Crippen LogP contribution in [0.2, 0.25) is 0 Å². The van der Waals surface area contributed by atoms with E-state index in [1.807, 2.05) is 20.8 Å². The number of benzene rings is 1. The second-order valence-corrected chi connectivity index (χ2v) is 5.83. The lowest BCUT2D eigenvalue weighted by atomic mass is 10.1. The Balaban J connectivity index is 2.30. The molecule has 7 heteroatoms. The number of rotatable bonds is 4. The largest absolute Gasteiger partial charge is 0.419 e. The smallest absolute Gasteiger partial charge is 0.284 e. The van der Waals surface area contributed by atoms with Crippen LogP contribution < -0.4 is 5.32 Å². The lowest BCUT2D eigenvalue weighted by molar-refractivity contribution is -0.384. The van der Waals surface area contributed by atoms with Gasteiger partial charge in [0, 0.05) is 11.1 Å². The van der Waals surface area contributed by atoms with Crippen molar-refractivity contribution >= 4 is 5.69 Å². The summed E-state index contributed by atoms with van der Waals surface area (Å²) in [6.45, 7) is 8.16. The fourth-order valence-corrected chi connectivity index (χ4v) is 1.85. The van der Waals surface area contributed by atoms with Gasteiger partial charge in [-0.2, -0.15) is 0 Å². The van der Waals surface area contributed by atoms with E-state index in [0.717, 1.165) is 0 Å². The van der Waals surface area contributed by atoms with Gasteiger partial charge < -0.3 is 9.73 Å². The van der Waals surface area contributed by atoms with Crippen molar-refractivity contribution in [3.63, 3.8) is 0 Å². The van der Waals surface area contributed by atoms with Crippen LogP contribution in [0.4, 0.5) is 5.69 Å². The molecule has 0 bridgehead atoms. The number of aromatic nitrogens is 2. The second-order valence-electron chi connectivity index (χ2n) is 5.83. The number of nitro groups is 1. The van der Waals surface area contributed by atoms with Crippen LogP contribution in [-0.2, 0) is 6.54 Å². The van der Waals surface area contributed by atoms with Gasteiger partial charge in [0.15, 0.2) is 0 Å². The molecule has 1 aromatic carbocycles. The first-order valence-electron chi connectivity index (χ1n) is 6.60. The Kier molecular flexibility index (Phi) is 4.04. The fourth-order valence-electron chi connectivity index (χ4n) is 1.85. The highest BCUT2D eigenvalue weighted by atomic mass is 16.6. The van der Waals surface area contributed by atoms with Gasteiger partial charge in [0.1, 0.15) is 5.56 Å². The van der Waals surface area contributed by atoms with E-state index < -0.39 is 4.92 Å². The minimum absolute atomic E-state index is 0.00326. The highest BCUT2D eigenvalue weighted by Crippen LogP contribution is 2.31. The summed E-state index contributed by atoms with van der Waals surface area (Å²) < 4.78 is 5.52. The molecule has 0 amide bonds. The van der Waals surface area contributed by atoms with Crippen molar-refractivity contribution in [1.82, 2.24) is 15.5 Å². The molecule has 0 saturated heterocycles. The summed E-state index contributed by atoms with van der Waals surface area (Å²) in [6, 6.07) is 5.02. The molecule has 0 aliphatic heterocycles. The summed E-state index contributed by atoms with van der Waals surface area (Å²) in [5, 5.41) is 22.2. The van der Waals surface area contributed by atoms with Crippen LogP contribution in [0.1, 0.15) is 32.2 Å². The molecule has 1 aromatic heterocycles. The first-order valence-corrected chi connectivity index (χ1v) is 6.60. The van der Waals surface area contributed by atoms with Gasteiger partial charge in [-0.3, -0.25) is 10.1 Å². The molecular weight excluding hydrogens is 272 g/mol. The van der Waals surface area contributed by atoms with Crippen LogP contribution in [0.25, 0.3) is 11.5 Å². The van der Waals surface area contributed by atoms with E-state index in [2.05, 4.69) is 15.5 Å². The fraction of sp³-hybridized carbons (Fsp3) is 0.429. The van der Waals surface area contributed by atoms with Crippen LogP contribution in [0.5, 0.6) is 0 Å². The maximum Gasteiger partial charge on any atom is 0.284 e. The maximum atomic E-state index is 11.2. The third-order valence-corrected chi connectivity index (χ3v) is 2.89. The Morgan fingerprint density at radius 3 is 2.67 bits per heavy atom. The van der Waals surface area contributed by atoms with Crippen LogP contribution in [0.15, 0.2) is 22.6 Å². The molecule has 0 aliphatic rings. The lowest BCUT2D eigenvalue weighted by Gasteiger charge is -2.18. The molecule has 1 heterocycles. The number of hydrogen-bond acceptors (Lipinski definition) is 6. The molecule has 0 fully saturated rings. The van der Waals surface area contributed by atoms with Crippen LogP contribution in [-0.4, -0.2) is 20.7 Å². The lowest BCUT2D eigenvalue weighted by Crippen LogP contribution is -2.35. The Labute approximate surface area is 122 Å². The van der Waals surface area contributed by atoms with Gasteiger partial charge in [-0.1, -0.05) is 12.1 Å². The monoisotopic (exact) mass is 290 g/mol. The standard InChI is InChI=1S/C14H18N4O3/c1-9-6-5-7-10(12(9)18(19)20)13-17-16-11(21-13)8-15-14(2,3)4/h5-7,15H,8H2,1-4H3. The quantitative estimate of drug-likeness (QED) is 0.687. The van der Waals surface area contributed by atoms with Crippen molar-refractivity contribution in [2.75, 3.05) is 0 Å². The Bertz CT molecular complexity index is 658. The third-order valence-electron chi connectivity index (χ3n) is 2.89. The highest BCUT2D eigenvalue weighted by molar-refractivity contribution is 5.69. The minimum Gasteiger partial charge on any atom is -0.419 e. The number of aryl methyl sites for hydroxylation is 1. The van der Waals surface area contributed by atoms with Gasteiger partial charge in [0.25, 0.3) is 11.6 Å². The van der Waals surface area contributed by atoms with E-state index in [9.17, 15) is 10.1 Å². The number of nitrogens with one attached hydrogen (secondary N) is 1. The Morgan fingerprint density at radius 2 is 2.05 bits per heavy atom. The average Bonchev–Trinajstić information content (AvgIpc) is 2.83. The first kappa shape index (κ1) is 15.1. The zero-order valence-corrected chi connectivity index (χ0v) is 12.5. The number of para-hydroxylation sites is 1. The van der Waals surface area contributed by atoms with E-state index in [-0.39, 0.29) is 17.1 Å². The molecule has 1 N–H and O–H groups in total. The molecular formula is C14H18N4O3. The van der Waals surface area contributed by atoms with Crippen LogP contribution in [0, 0.1) is 17.0 Å². The Hall–Kier alpha value is -2.28. The van der Waals surface area contributed by atoms with E-state index >= 15 is 0 Å². The third kappa shape index (κ3) is 3.63. The molecule has 0 saturated carbocycles. The molecule has 7 nitrogen and oxygen atoms in total. The van der Waals surface area contributed by atoms with Crippen LogP contribution in [0.3, 0.4) is 0 Å². The maximum absolute atomic E-state index is 11.2. The van der Waals surface area contributed by atoms with E-state index in [1.165, 1.54) is 0 Å². The van der Waals surface area contributed by atoms with Crippen molar-refractivity contribution in [1.29, 1.82) is 0 Å². The summed E-state index contributed by atoms with van der Waals surface area (Å²) >= 11 is 0.